The molecular formula is C25H27N5O3. The zero-order chi connectivity index (χ0) is 23.2. The van der Waals surface area contributed by atoms with Crippen LogP contribution in [-0.4, -0.2) is 51.9 Å². The highest BCUT2D eigenvalue weighted by Gasteiger charge is 2.29. The summed E-state index contributed by atoms with van der Waals surface area (Å²) in [6.07, 6.45) is 4.37. The molecule has 1 N–H and O–H groups in total. The molecule has 0 radical (unpaired) electrons. The molecule has 1 saturated heterocycles. The molecule has 0 aliphatic carbocycles. The first kappa shape index (κ1) is 22.4. The number of benzene rings is 1. The van der Waals surface area contributed by atoms with E-state index in [0.717, 1.165) is 23.4 Å². The van der Waals surface area contributed by atoms with E-state index >= 15 is 0 Å². The van der Waals surface area contributed by atoms with Crippen LogP contribution in [0, 0.1) is 6.92 Å². The summed E-state index contributed by atoms with van der Waals surface area (Å²) in [5.74, 6) is 1.31. The zero-order valence-electron chi connectivity index (χ0n) is 18.8. The number of carbonyl (C=O) groups is 2. The number of methoxy groups -OCH3 is 1. The summed E-state index contributed by atoms with van der Waals surface area (Å²) in [5, 5.41) is 2.91. The average molecular weight is 446 g/mol. The van der Waals surface area contributed by atoms with E-state index in [4.69, 9.17) is 4.74 Å². The Labute approximate surface area is 193 Å². The lowest BCUT2D eigenvalue weighted by atomic mass is 10.1. The molecule has 3 aromatic rings. The second-order valence-corrected chi connectivity index (χ2v) is 8.08. The van der Waals surface area contributed by atoms with Crippen LogP contribution in [0.15, 0.2) is 54.9 Å². The van der Waals surface area contributed by atoms with Crippen molar-refractivity contribution >= 4 is 11.8 Å². The standard InChI is InChI=1S/C25H27N5O3/c1-17-22(25(32)28-14-18-6-5-8-21(12-18)33-2)15-27-24(29-17)19-9-11-30(16-19)23(31)13-20-7-3-4-10-26-20/h3-8,10,12,15,19H,9,11,13-14,16H2,1-2H3,(H,28,32). The van der Waals surface area contributed by atoms with E-state index in [2.05, 4.69) is 20.3 Å². The molecule has 4 rings (SSSR count). The van der Waals surface area contributed by atoms with Crippen molar-refractivity contribution in [2.75, 3.05) is 20.2 Å². The van der Waals surface area contributed by atoms with Crippen LogP contribution in [0.3, 0.4) is 0 Å². The second-order valence-electron chi connectivity index (χ2n) is 8.08. The number of aryl methyl sites for hydroxylation is 1. The predicted octanol–water partition coefficient (Wildman–Crippen LogP) is 2.68. The molecule has 3 heterocycles. The number of rotatable bonds is 7. The van der Waals surface area contributed by atoms with Crippen molar-refractivity contribution in [3.63, 3.8) is 0 Å². The molecular weight excluding hydrogens is 418 g/mol. The topological polar surface area (TPSA) is 97.3 Å². The summed E-state index contributed by atoms with van der Waals surface area (Å²) >= 11 is 0. The van der Waals surface area contributed by atoms with Crippen LogP contribution in [-0.2, 0) is 17.8 Å². The highest BCUT2D eigenvalue weighted by Crippen LogP contribution is 2.25. The largest absolute Gasteiger partial charge is 0.497 e. The number of pyridine rings is 1. The minimum atomic E-state index is -0.222. The number of hydrogen-bond acceptors (Lipinski definition) is 6. The van der Waals surface area contributed by atoms with E-state index < -0.39 is 0 Å². The van der Waals surface area contributed by atoms with Gasteiger partial charge in [0, 0.05) is 43.6 Å². The van der Waals surface area contributed by atoms with Gasteiger partial charge in [0.2, 0.25) is 5.91 Å². The number of likely N-dealkylation sites (tertiary alicyclic amines) is 1. The normalized spacial score (nSPS) is 15.3. The summed E-state index contributed by atoms with van der Waals surface area (Å²) in [4.78, 5) is 40.4. The van der Waals surface area contributed by atoms with Crippen molar-refractivity contribution in [2.24, 2.45) is 0 Å². The molecule has 8 heteroatoms. The monoisotopic (exact) mass is 445 g/mol. The van der Waals surface area contributed by atoms with E-state index in [1.807, 2.05) is 54.3 Å². The second kappa shape index (κ2) is 10.2. The van der Waals surface area contributed by atoms with E-state index in [1.54, 1.807) is 19.5 Å². The Morgan fingerprint density at radius 3 is 2.82 bits per heavy atom. The fraction of sp³-hybridized carbons (Fsp3) is 0.320. The third-order valence-electron chi connectivity index (χ3n) is 5.79. The molecule has 0 bridgehead atoms. The molecule has 1 aromatic carbocycles. The van der Waals surface area contributed by atoms with Gasteiger partial charge in [0.25, 0.3) is 5.91 Å². The maximum Gasteiger partial charge on any atom is 0.254 e. The Bertz CT molecular complexity index is 1140. The van der Waals surface area contributed by atoms with Gasteiger partial charge in [-0.2, -0.15) is 0 Å². The van der Waals surface area contributed by atoms with Crippen LogP contribution >= 0.6 is 0 Å². The van der Waals surface area contributed by atoms with Gasteiger partial charge in [0.05, 0.1) is 24.8 Å². The summed E-state index contributed by atoms with van der Waals surface area (Å²) in [5.41, 5.74) is 2.78. The quantitative estimate of drug-likeness (QED) is 0.601. The fourth-order valence-electron chi connectivity index (χ4n) is 3.93. The van der Waals surface area contributed by atoms with Crippen LogP contribution in [0.1, 0.15) is 45.5 Å². The number of nitrogens with zero attached hydrogens (tertiary/aromatic N) is 4. The highest BCUT2D eigenvalue weighted by molar-refractivity contribution is 5.94. The minimum absolute atomic E-state index is 0.0569. The van der Waals surface area contributed by atoms with Crippen LogP contribution in [0.2, 0.25) is 0 Å². The maximum absolute atomic E-state index is 12.7. The fourth-order valence-corrected chi connectivity index (χ4v) is 3.93. The Hall–Kier alpha value is -3.81. The number of carbonyl (C=O) groups excluding carboxylic acids is 2. The SMILES string of the molecule is COc1cccc(CNC(=O)c2cnc(C3CCN(C(=O)Cc4ccccn4)C3)nc2C)c1. The molecule has 170 valence electrons. The van der Waals surface area contributed by atoms with Crippen molar-refractivity contribution in [1.29, 1.82) is 0 Å². The van der Waals surface area contributed by atoms with Gasteiger partial charge in [-0.3, -0.25) is 14.6 Å². The number of nitrogens with one attached hydrogen (secondary N) is 1. The van der Waals surface area contributed by atoms with E-state index in [0.29, 0.717) is 43.1 Å². The number of hydrogen-bond donors (Lipinski definition) is 1. The Morgan fingerprint density at radius 2 is 2.06 bits per heavy atom. The van der Waals surface area contributed by atoms with Crippen LogP contribution in [0.5, 0.6) is 5.75 Å². The molecule has 0 saturated carbocycles. The molecule has 1 aliphatic rings. The zero-order valence-corrected chi connectivity index (χ0v) is 18.8. The predicted molar refractivity (Wildman–Crippen MR) is 123 cm³/mol. The first-order valence-electron chi connectivity index (χ1n) is 11.0. The number of aromatic nitrogens is 3. The Morgan fingerprint density at radius 1 is 1.18 bits per heavy atom. The van der Waals surface area contributed by atoms with Gasteiger partial charge in [0.15, 0.2) is 0 Å². The third kappa shape index (κ3) is 5.52. The van der Waals surface area contributed by atoms with Gasteiger partial charge < -0.3 is 15.0 Å². The summed E-state index contributed by atoms with van der Waals surface area (Å²) in [6, 6.07) is 13.1. The molecule has 0 spiro atoms. The summed E-state index contributed by atoms with van der Waals surface area (Å²) < 4.78 is 5.22. The number of amides is 2. The molecule has 2 aromatic heterocycles. The minimum Gasteiger partial charge on any atom is -0.497 e. The van der Waals surface area contributed by atoms with E-state index in [1.165, 1.54) is 0 Å². The molecule has 1 aliphatic heterocycles. The lowest BCUT2D eigenvalue weighted by Gasteiger charge is -2.16. The summed E-state index contributed by atoms with van der Waals surface area (Å²) in [7, 11) is 1.61. The van der Waals surface area contributed by atoms with Crippen LogP contribution in [0.25, 0.3) is 0 Å². The van der Waals surface area contributed by atoms with Gasteiger partial charge in [-0.1, -0.05) is 18.2 Å². The smallest absolute Gasteiger partial charge is 0.254 e. The van der Waals surface area contributed by atoms with Crippen LogP contribution in [0.4, 0.5) is 0 Å². The van der Waals surface area contributed by atoms with Crippen molar-refractivity contribution in [3.8, 4) is 5.75 Å². The van der Waals surface area contributed by atoms with Gasteiger partial charge in [-0.05, 0) is 43.2 Å². The van der Waals surface area contributed by atoms with E-state index in [9.17, 15) is 9.59 Å². The van der Waals surface area contributed by atoms with Gasteiger partial charge in [-0.25, -0.2) is 9.97 Å². The molecule has 8 nitrogen and oxygen atoms in total. The van der Waals surface area contributed by atoms with Crippen molar-refractivity contribution in [1.82, 2.24) is 25.2 Å². The molecule has 1 unspecified atom stereocenters. The Balaban J connectivity index is 1.35. The lowest BCUT2D eigenvalue weighted by molar-refractivity contribution is -0.129. The van der Waals surface area contributed by atoms with Gasteiger partial charge in [0.1, 0.15) is 11.6 Å². The van der Waals surface area contributed by atoms with Crippen LogP contribution < -0.4 is 10.1 Å². The van der Waals surface area contributed by atoms with Crippen molar-refractivity contribution in [2.45, 2.75) is 32.2 Å². The van der Waals surface area contributed by atoms with E-state index in [-0.39, 0.29) is 17.7 Å². The first-order chi connectivity index (χ1) is 16.0. The van der Waals surface area contributed by atoms with Crippen molar-refractivity contribution in [3.05, 3.63) is 83.2 Å². The third-order valence-corrected chi connectivity index (χ3v) is 5.79. The maximum atomic E-state index is 12.7. The molecule has 1 fully saturated rings. The van der Waals surface area contributed by atoms with Gasteiger partial charge >= 0.3 is 0 Å². The molecule has 2 amide bonds. The lowest BCUT2D eigenvalue weighted by Crippen LogP contribution is -2.30. The number of ether oxygens (including phenoxy) is 1. The highest BCUT2D eigenvalue weighted by atomic mass is 16.5. The van der Waals surface area contributed by atoms with Crippen molar-refractivity contribution < 1.29 is 14.3 Å². The summed E-state index contributed by atoms with van der Waals surface area (Å²) in [6.45, 7) is 3.44. The Kier molecular flexibility index (Phi) is 6.92. The molecule has 1 atom stereocenters. The first-order valence-corrected chi connectivity index (χ1v) is 11.0. The average Bonchev–Trinajstić information content (AvgIpc) is 3.34. The molecule has 33 heavy (non-hydrogen) atoms. The van der Waals surface area contributed by atoms with Gasteiger partial charge in [-0.15, -0.1) is 0 Å².